The maximum Gasteiger partial charge on any atom is 0.335 e. The van der Waals surface area contributed by atoms with E-state index in [1.165, 1.54) is 61.7 Å². The Labute approximate surface area is 214 Å². The Kier molecular flexibility index (Phi) is 7.10. The first-order chi connectivity index (χ1) is 18.2. The summed E-state index contributed by atoms with van der Waals surface area (Å²) in [6.07, 6.45) is 1.21. The molecular weight excluding hydrogens is 500 g/mol. The topological polar surface area (TPSA) is 171 Å². The number of hydrogen-bond acceptors (Lipinski definition) is 9. The van der Waals surface area contributed by atoms with Crippen molar-refractivity contribution < 1.29 is 33.7 Å². The molecule has 1 fully saturated rings. The van der Waals surface area contributed by atoms with E-state index in [0.717, 1.165) is 6.07 Å². The Hall–Kier alpha value is -5.59. The van der Waals surface area contributed by atoms with Crippen LogP contribution in [0.15, 0.2) is 72.3 Å². The maximum atomic E-state index is 13.2. The van der Waals surface area contributed by atoms with Crippen LogP contribution in [0, 0.1) is 20.2 Å². The lowest BCUT2D eigenvalue weighted by Crippen LogP contribution is -2.54. The minimum absolute atomic E-state index is 0.0799. The smallest absolute Gasteiger partial charge is 0.335 e. The summed E-state index contributed by atoms with van der Waals surface area (Å²) in [4.78, 5) is 59.9. The number of benzene rings is 3. The van der Waals surface area contributed by atoms with E-state index >= 15 is 0 Å². The van der Waals surface area contributed by atoms with Crippen LogP contribution in [0.1, 0.15) is 11.1 Å². The summed E-state index contributed by atoms with van der Waals surface area (Å²) < 4.78 is 11.1. The predicted molar refractivity (Wildman–Crippen MR) is 133 cm³/mol. The van der Waals surface area contributed by atoms with Crippen molar-refractivity contribution in [1.29, 1.82) is 0 Å². The first-order valence-corrected chi connectivity index (χ1v) is 10.9. The molecule has 0 spiro atoms. The summed E-state index contributed by atoms with van der Waals surface area (Å²) in [5, 5.41) is 24.3. The summed E-state index contributed by atoms with van der Waals surface area (Å²) in [5.41, 5.74) is -0.233. The van der Waals surface area contributed by atoms with Crippen LogP contribution in [0.3, 0.4) is 0 Å². The van der Waals surface area contributed by atoms with E-state index < -0.39 is 33.3 Å². The highest BCUT2D eigenvalue weighted by molar-refractivity contribution is 6.39. The number of urea groups is 1. The lowest BCUT2D eigenvalue weighted by molar-refractivity contribution is -0.385. The number of anilines is 1. The van der Waals surface area contributed by atoms with Crippen LogP contribution in [-0.2, 0) is 16.2 Å². The molecule has 0 saturated carbocycles. The van der Waals surface area contributed by atoms with E-state index in [4.69, 9.17) is 9.47 Å². The lowest BCUT2D eigenvalue weighted by Gasteiger charge is -2.26. The molecule has 3 aromatic carbocycles. The van der Waals surface area contributed by atoms with Crippen LogP contribution in [0.5, 0.6) is 11.5 Å². The van der Waals surface area contributed by atoms with Gasteiger partial charge in [-0.25, -0.2) is 9.69 Å². The molecule has 4 amide bonds. The Morgan fingerprint density at radius 2 is 1.61 bits per heavy atom. The van der Waals surface area contributed by atoms with Crippen molar-refractivity contribution in [3.63, 3.8) is 0 Å². The maximum absolute atomic E-state index is 13.2. The number of carbonyl (C=O) groups is 3. The van der Waals surface area contributed by atoms with Crippen molar-refractivity contribution in [3.8, 4) is 11.5 Å². The van der Waals surface area contributed by atoms with Crippen LogP contribution >= 0.6 is 0 Å². The molecule has 13 heteroatoms. The third-order valence-electron chi connectivity index (χ3n) is 5.44. The molecule has 1 aliphatic rings. The second-order valence-corrected chi connectivity index (χ2v) is 7.85. The van der Waals surface area contributed by atoms with Crippen molar-refractivity contribution in [2.24, 2.45) is 0 Å². The normalized spacial score (nSPS) is 14.3. The van der Waals surface area contributed by atoms with Gasteiger partial charge in [-0.3, -0.25) is 35.1 Å². The number of nitrogens with one attached hydrogen (secondary N) is 1. The number of nitro benzene ring substituents is 2. The molecule has 38 heavy (non-hydrogen) atoms. The molecule has 4 rings (SSSR count). The number of ether oxygens (including phenoxy) is 2. The minimum atomic E-state index is -1.06. The number of amides is 4. The highest BCUT2D eigenvalue weighted by atomic mass is 16.6. The SMILES string of the molecule is COc1ccc(/C=C2\C(=O)NC(=O)N(c3cccc([N+](=O)[O-])c3)C2=O)c(OCc2cccc([N+](=O)[O-])c2)c1. The zero-order valence-corrected chi connectivity index (χ0v) is 19.7. The van der Waals surface area contributed by atoms with E-state index in [9.17, 15) is 34.6 Å². The Balaban J connectivity index is 1.69. The van der Waals surface area contributed by atoms with Gasteiger partial charge in [-0.05, 0) is 29.8 Å². The van der Waals surface area contributed by atoms with Gasteiger partial charge < -0.3 is 9.47 Å². The van der Waals surface area contributed by atoms with Crippen molar-refractivity contribution in [1.82, 2.24) is 5.32 Å². The van der Waals surface area contributed by atoms with Crippen molar-refractivity contribution >= 4 is 41.0 Å². The van der Waals surface area contributed by atoms with Gasteiger partial charge in [0.05, 0.1) is 22.6 Å². The highest BCUT2D eigenvalue weighted by Gasteiger charge is 2.37. The number of non-ortho nitro benzene ring substituents is 2. The van der Waals surface area contributed by atoms with Gasteiger partial charge in [0.25, 0.3) is 23.2 Å². The zero-order chi connectivity index (χ0) is 27.4. The highest BCUT2D eigenvalue weighted by Crippen LogP contribution is 2.30. The van der Waals surface area contributed by atoms with Crippen LogP contribution < -0.4 is 19.7 Å². The second kappa shape index (κ2) is 10.6. The molecule has 1 N–H and O–H groups in total. The van der Waals surface area contributed by atoms with Gasteiger partial charge in [-0.1, -0.05) is 18.2 Å². The molecule has 3 aromatic rings. The average Bonchev–Trinajstić information content (AvgIpc) is 2.90. The standard InChI is InChI=1S/C25H18N4O9/c1-37-20-9-8-16(22(13-20)38-14-15-4-2-6-18(10-15)28(33)34)11-21-23(30)26-25(32)27(24(21)31)17-5-3-7-19(12-17)29(35)36/h2-13H,14H2,1H3,(H,26,30,32)/b21-11+. The molecule has 0 aliphatic carbocycles. The summed E-state index contributed by atoms with van der Waals surface area (Å²) >= 11 is 0. The first-order valence-electron chi connectivity index (χ1n) is 10.9. The quantitative estimate of drug-likeness (QED) is 0.202. The van der Waals surface area contributed by atoms with Gasteiger partial charge in [0.1, 0.15) is 23.7 Å². The van der Waals surface area contributed by atoms with Gasteiger partial charge in [0, 0.05) is 35.9 Å². The molecule has 1 heterocycles. The lowest BCUT2D eigenvalue weighted by atomic mass is 10.1. The number of methoxy groups -OCH3 is 1. The van der Waals surface area contributed by atoms with Crippen molar-refractivity contribution in [2.75, 3.05) is 12.0 Å². The third kappa shape index (κ3) is 5.31. The van der Waals surface area contributed by atoms with Gasteiger partial charge >= 0.3 is 6.03 Å². The molecule has 0 unspecified atom stereocenters. The average molecular weight is 518 g/mol. The fraction of sp³-hybridized carbons (Fsp3) is 0.0800. The Bertz CT molecular complexity index is 1520. The fourth-order valence-electron chi connectivity index (χ4n) is 3.60. The van der Waals surface area contributed by atoms with E-state index in [0.29, 0.717) is 16.2 Å². The van der Waals surface area contributed by atoms with E-state index in [-0.39, 0.29) is 35.0 Å². The molecule has 1 aliphatic heterocycles. The molecule has 192 valence electrons. The molecule has 1 saturated heterocycles. The second-order valence-electron chi connectivity index (χ2n) is 7.85. The van der Waals surface area contributed by atoms with Crippen LogP contribution in [0.4, 0.5) is 21.9 Å². The van der Waals surface area contributed by atoms with Gasteiger partial charge in [-0.15, -0.1) is 0 Å². The monoisotopic (exact) mass is 518 g/mol. The van der Waals surface area contributed by atoms with Crippen LogP contribution in [0.25, 0.3) is 6.08 Å². The predicted octanol–water partition coefficient (Wildman–Crippen LogP) is 3.76. The molecule has 0 bridgehead atoms. The van der Waals surface area contributed by atoms with Gasteiger partial charge in [-0.2, -0.15) is 0 Å². The summed E-state index contributed by atoms with van der Waals surface area (Å²) in [6.45, 7) is -0.0799. The number of rotatable bonds is 8. The summed E-state index contributed by atoms with van der Waals surface area (Å²) in [7, 11) is 1.43. The van der Waals surface area contributed by atoms with E-state index in [1.807, 2.05) is 0 Å². The minimum Gasteiger partial charge on any atom is -0.497 e. The molecule has 0 aromatic heterocycles. The number of carbonyl (C=O) groups excluding carboxylic acids is 3. The number of nitro groups is 2. The first kappa shape index (κ1) is 25.5. The van der Waals surface area contributed by atoms with E-state index in [2.05, 4.69) is 5.32 Å². The number of hydrogen-bond donors (Lipinski definition) is 1. The summed E-state index contributed by atoms with van der Waals surface area (Å²) in [6, 6.07) is 14.2. The van der Waals surface area contributed by atoms with Gasteiger partial charge in [0.15, 0.2) is 0 Å². The molecule has 0 atom stereocenters. The Morgan fingerprint density at radius 3 is 2.29 bits per heavy atom. The zero-order valence-electron chi connectivity index (χ0n) is 19.7. The van der Waals surface area contributed by atoms with Crippen molar-refractivity contribution in [2.45, 2.75) is 6.61 Å². The van der Waals surface area contributed by atoms with Gasteiger partial charge in [0.2, 0.25) is 0 Å². The summed E-state index contributed by atoms with van der Waals surface area (Å²) in [5.74, 6) is -1.39. The number of barbiturate groups is 1. The Morgan fingerprint density at radius 1 is 0.921 bits per heavy atom. The van der Waals surface area contributed by atoms with Crippen LogP contribution in [-0.4, -0.2) is 34.8 Å². The third-order valence-corrected chi connectivity index (χ3v) is 5.44. The van der Waals surface area contributed by atoms with Crippen LogP contribution in [0.2, 0.25) is 0 Å². The number of imide groups is 2. The van der Waals surface area contributed by atoms with Crippen molar-refractivity contribution in [3.05, 3.63) is 104 Å². The van der Waals surface area contributed by atoms with E-state index in [1.54, 1.807) is 12.1 Å². The fourth-order valence-corrected chi connectivity index (χ4v) is 3.60. The largest absolute Gasteiger partial charge is 0.497 e. The molecular formula is C25H18N4O9. The number of nitrogens with zero attached hydrogens (tertiary/aromatic N) is 3. The molecule has 0 radical (unpaired) electrons. The molecule has 13 nitrogen and oxygen atoms in total.